The Morgan fingerprint density at radius 1 is 1.27 bits per heavy atom. The van der Waals surface area contributed by atoms with E-state index in [4.69, 9.17) is 9.26 Å². The topological polar surface area (TPSA) is 97.5 Å². The molecule has 0 saturated heterocycles. The van der Waals surface area contributed by atoms with Gasteiger partial charge in [0, 0.05) is 19.0 Å². The van der Waals surface area contributed by atoms with Gasteiger partial charge in [0.15, 0.2) is 11.8 Å². The van der Waals surface area contributed by atoms with Crippen molar-refractivity contribution in [2.45, 2.75) is 52.8 Å². The number of ether oxygens (including phenoxy) is 1. The summed E-state index contributed by atoms with van der Waals surface area (Å²) in [4.78, 5) is 13.1. The standard InChI is InChI=1S/C16H26N6O2S.HI/c1-6-23-11(4)15-21-13(24-22-15)7-18-16(17-5)19-8-14-20-12(9-25-14)10(2)3;/h9-11H,6-8H2,1-5H3,(H2,17,18,19);1H. The van der Waals surface area contributed by atoms with E-state index in [-0.39, 0.29) is 30.1 Å². The summed E-state index contributed by atoms with van der Waals surface area (Å²) in [7, 11) is 1.72. The smallest absolute Gasteiger partial charge is 0.246 e. The summed E-state index contributed by atoms with van der Waals surface area (Å²) < 4.78 is 10.7. The number of halogens is 1. The Balaban J connectivity index is 0.00000338. The van der Waals surface area contributed by atoms with E-state index in [0.717, 1.165) is 10.7 Å². The van der Waals surface area contributed by atoms with E-state index < -0.39 is 0 Å². The second kappa shape index (κ2) is 11.4. The lowest BCUT2D eigenvalue weighted by Gasteiger charge is -2.09. The molecule has 2 N–H and O–H groups in total. The van der Waals surface area contributed by atoms with Crippen molar-refractivity contribution in [1.82, 2.24) is 25.8 Å². The van der Waals surface area contributed by atoms with E-state index >= 15 is 0 Å². The monoisotopic (exact) mass is 494 g/mol. The molecule has 146 valence electrons. The normalized spacial score (nSPS) is 12.8. The number of hydrogen-bond acceptors (Lipinski definition) is 7. The van der Waals surface area contributed by atoms with E-state index in [1.807, 2.05) is 13.8 Å². The van der Waals surface area contributed by atoms with E-state index in [9.17, 15) is 0 Å². The predicted octanol–water partition coefficient (Wildman–Crippen LogP) is 3.23. The van der Waals surface area contributed by atoms with Crippen LogP contribution in [0.4, 0.5) is 0 Å². The Morgan fingerprint density at radius 3 is 2.62 bits per heavy atom. The number of nitrogens with one attached hydrogen (secondary N) is 2. The fourth-order valence-electron chi connectivity index (χ4n) is 2.04. The summed E-state index contributed by atoms with van der Waals surface area (Å²) >= 11 is 1.64. The van der Waals surface area contributed by atoms with Gasteiger partial charge in [0.1, 0.15) is 11.1 Å². The Labute approximate surface area is 175 Å². The SMILES string of the molecule is CCOC(C)c1noc(CNC(=NC)NCc2nc(C(C)C)cs2)n1.I. The van der Waals surface area contributed by atoms with Gasteiger partial charge in [-0.2, -0.15) is 4.98 Å². The molecule has 8 nitrogen and oxygen atoms in total. The van der Waals surface area contributed by atoms with E-state index in [2.05, 4.69) is 50.0 Å². The first-order valence-electron chi connectivity index (χ1n) is 8.36. The maximum atomic E-state index is 5.45. The largest absolute Gasteiger partial charge is 0.371 e. The Morgan fingerprint density at radius 2 is 2.00 bits per heavy atom. The molecule has 2 heterocycles. The van der Waals surface area contributed by atoms with Gasteiger partial charge in [-0.25, -0.2) is 4.98 Å². The van der Waals surface area contributed by atoms with Crippen LogP contribution >= 0.6 is 35.3 Å². The van der Waals surface area contributed by atoms with Crippen molar-refractivity contribution in [3.63, 3.8) is 0 Å². The molecule has 2 rings (SSSR count). The summed E-state index contributed by atoms with van der Waals surface area (Å²) in [5.41, 5.74) is 1.12. The third kappa shape index (κ3) is 6.80. The molecular formula is C16H27IN6O2S. The highest BCUT2D eigenvalue weighted by Crippen LogP contribution is 2.17. The molecule has 1 unspecified atom stereocenters. The van der Waals surface area contributed by atoms with Crippen LogP contribution in [0.1, 0.15) is 62.1 Å². The molecule has 0 radical (unpaired) electrons. The average molecular weight is 494 g/mol. The number of thiazole rings is 1. The van der Waals surface area contributed by atoms with Crippen LogP contribution < -0.4 is 10.6 Å². The number of guanidine groups is 1. The van der Waals surface area contributed by atoms with E-state index in [0.29, 0.717) is 43.3 Å². The minimum atomic E-state index is -0.181. The highest BCUT2D eigenvalue weighted by Gasteiger charge is 2.14. The number of aliphatic imine (C=N–C) groups is 1. The molecule has 2 aromatic rings. The van der Waals surface area contributed by atoms with Crippen molar-refractivity contribution >= 4 is 41.3 Å². The van der Waals surface area contributed by atoms with E-state index in [1.165, 1.54) is 0 Å². The minimum absolute atomic E-state index is 0. The zero-order valence-electron chi connectivity index (χ0n) is 15.8. The molecule has 26 heavy (non-hydrogen) atoms. The van der Waals surface area contributed by atoms with Crippen molar-refractivity contribution in [1.29, 1.82) is 0 Å². The molecule has 0 spiro atoms. The fraction of sp³-hybridized carbons (Fsp3) is 0.625. The van der Waals surface area contributed by atoms with E-state index in [1.54, 1.807) is 18.4 Å². The summed E-state index contributed by atoms with van der Waals surface area (Å²) in [5, 5.41) is 13.4. The van der Waals surface area contributed by atoms with Crippen LogP contribution in [-0.4, -0.2) is 34.7 Å². The molecule has 0 aliphatic rings. The molecule has 0 aliphatic heterocycles. The van der Waals surface area contributed by atoms with Gasteiger partial charge < -0.3 is 19.9 Å². The highest BCUT2D eigenvalue weighted by atomic mass is 127. The van der Waals surface area contributed by atoms with Gasteiger partial charge in [-0.05, 0) is 19.8 Å². The van der Waals surface area contributed by atoms with Crippen molar-refractivity contribution in [3.8, 4) is 0 Å². The molecule has 2 aromatic heterocycles. The molecule has 0 saturated carbocycles. The maximum absolute atomic E-state index is 5.45. The van der Waals surface area contributed by atoms with Crippen LogP contribution in [0.25, 0.3) is 0 Å². The average Bonchev–Trinajstić information content (AvgIpc) is 3.24. The second-order valence-corrected chi connectivity index (χ2v) is 6.69. The molecule has 10 heteroatoms. The first-order valence-corrected chi connectivity index (χ1v) is 9.24. The van der Waals surface area contributed by atoms with Crippen molar-refractivity contribution in [2.75, 3.05) is 13.7 Å². The van der Waals surface area contributed by atoms with Crippen LogP contribution in [0.15, 0.2) is 14.9 Å². The maximum Gasteiger partial charge on any atom is 0.246 e. The van der Waals surface area contributed by atoms with Gasteiger partial charge in [-0.15, -0.1) is 35.3 Å². The second-order valence-electron chi connectivity index (χ2n) is 5.74. The van der Waals surface area contributed by atoms with Gasteiger partial charge in [-0.3, -0.25) is 4.99 Å². The molecule has 0 fully saturated rings. The first-order chi connectivity index (χ1) is 12.0. The van der Waals surface area contributed by atoms with Crippen LogP contribution in [0.5, 0.6) is 0 Å². The number of aromatic nitrogens is 3. The van der Waals surface area contributed by atoms with Crippen LogP contribution in [-0.2, 0) is 17.8 Å². The van der Waals surface area contributed by atoms with Crippen molar-refractivity contribution in [2.24, 2.45) is 4.99 Å². The number of nitrogens with zero attached hydrogens (tertiary/aromatic N) is 4. The van der Waals surface area contributed by atoms with Crippen molar-refractivity contribution < 1.29 is 9.26 Å². The lowest BCUT2D eigenvalue weighted by atomic mass is 10.2. The molecular weight excluding hydrogens is 467 g/mol. The van der Waals surface area contributed by atoms with Gasteiger partial charge >= 0.3 is 0 Å². The Kier molecular flexibility index (Phi) is 10.0. The third-order valence-corrected chi connectivity index (χ3v) is 4.33. The highest BCUT2D eigenvalue weighted by molar-refractivity contribution is 14.0. The van der Waals surface area contributed by atoms with Gasteiger partial charge in [0.2, 0.25) is 5.89 Å². The Bertz CT molecular complexity index is 688. The zero-order chi connectivity index (χ0) is 18.2. The molecule has 0 aromatic carbocycles. The quantitative estimate of drug-likeness (QED) is 0.331. The third-order valence-electron chi connectivity index (χ3n) is 3.46. The lowest BCUT2D eigenvalue weighted by molar-refractivity contribution is 0.0683. The summed E-state index contributed by atoms with van der Waals surface area (Å²) in [6.45, 7) is 9.71. The predicted molar refractivity (Wildman–Crippen MR) is 113 cm³/mol. The summed E-state index contributed by atoms with van der Waals surface area (Å²) in [5.74, 6) is 2.12. The zero-order valence-corrected chi connectivity index (χ0v) is 18.9. The molecule has 0 bridgehead atoms. The summed E-state index contributed by atoms with van der Waals surface area (Å²) in [6, 6.07) is 0. The number of rotatable bonds is 8. The minimum Gasteiger partial charge on any atom is -0.371 e. The first kappa shape index (κ1) is 22.8. The number of hydrogen-bond donors (Lipinski definition) is 2. The van der Waals surface area contributed by atoms with Crippen molar-refractivity contribution in [3.05, 3.63) is 27.8 Å². The van der Waals surface area contributed by atoms with Gasteiger partial charge in [-0.1, -0.05) is 19.0 Å². The van der Waals surface area contributed by atoms with Crippen LogP contribution in [0.2, 0.25) is 0 Å². The fourth-order valence-corrected chi connectivity index (χ4v) is 2.94. The van der Waals surface area contributed by atoms with Gasteiger partial charge in [0.25, 0.3) is 0 Å². The van der Waals surface area contributed by atoms with Gasteiger partial charge in [0.05, 0.1) is 18.8 Å². The molecule has 0 aliphatic carbocycles. The summed E-state index contributed by atoms with van der Waals surface area (Å²) in [6.07, 6.45) is -0.181. The Hall–Kier alpha value is -1.27. The lowest BCUT2D eigenvalue weighted by Crippen LogP contribution is -2.36. The van der Waals surface area contributed by atoms with Crippen LogP contribution in [0, 0.1) is 0 Å². The molecule has 0 amide bonds. The van der Waals surface area contributed by atoms with Crippen LogP contribution in [0.3, 0.4) is 0 Å². The molecule has 1 atom stereocenters.